The normalized spacial score (nSPS) is 15.3. The van der Waals surface area contributed by atoms with E-state index in [2.05, 4.69) is 10.0 Å². The molecule has 3 rings (SSSR count). The van der Waals surface area contributed by atoms with E-state index in [0.717, 1.165) is 23.7 Å². The topological polar surface area (TPSA) is 79.7 Å². The number of amides is 1. The second kappa shape index (κ2) is 9.30. The van der Waals surface area contributed by atoms with Gasteiger partial charge in [0.1, 0.15) is 0 Å². The van der Waals surface area contributed by atoms with Crippen LogP contribution in [0.1, 0.15) is 25.7 Å². The summed E-state index contributed by atoms with van der Waals surface area (Å²) in [6, 6.07) is 12.6. The van der Waals surface area contributed by atoms with Gasteiger partial charge in [-0.15, -0.1) is 0 Å². The molecule has 0 atom stereocenters. The summed E-state index contributed by atoms with van der Waals surface area (Å²) in [4.78, 5) is 13.7. The van der Waals surface area contributed by atoms with Crippen molar-refractivity contribution in [2.24, 2.45) is 0 Å². The minimum Gasteiger partial charge on any atom is -0.356 e. The Morgan fingerprint density at radius 1 is 1.00 bits per heavy atom. The molecule has 0 bridgehead atoms. The molecule has 2 aromatic carbocycles. The number of carbonyl (C=O) groups is 1. The number of sulfonamides is 1. The first-order chi connectivity index (χ1) is 13.0. The first-order valence-corrected chi connectivity index (χ1v) is 11.1. The lowest BCUT2D eigenvalue weighted by molar-refractivity contribution is -0.887. The van der Waals surface area contributed by atoms with E-state index in [-0.39, 0.29) is 23.8 Å². The maximum Gasteiger partial charge on any atom is 0.240 e. The van der Waals surface area contributed by atoms with Crippen molar-refractivity contribution < 1.29 is 18.1 Å². The van der Waals surface area contributed by atoms with Gasteiger partial charge in [0.05, 0.1) is 24.5 Å². The van der Waals surface area contributed by atoms with E-state index in [9.17, 15) is 13.2 Å². The molecule has 0 spiro atoms. The van der Waals surface area contributed by atoms with Crippen LogP contribution in [0.25, 0.3) is 10.8 Å². The molecule has 0 aromatic heterocycles. The number of carbonyl (C=O) groups excluding carboxylic acids is 1. The highest BCUT2D eigenvalue weighted by Gasteiger charge is 2.16. The number of quaternary nitrogens is 1. The van der Waals surface area contributed by atoms with Crippen LogP contribution in [-0.2, 0) is 14.8 Å². The summed E-state index contributed by atoms with van der Waals surface area (Å²) in [5, 5.41) is 4.74. The van der Waals surface area contributed by atoms with Crippen LogP contribution in [0, 0.1) is 0 Å². The van der Waals surface area contributed by atoms with E-state index in [0.29, 0.717) is 6.54 Å². The number of hydrogen-bond donors (Lipinski definition) is 3. The Labute approximate surface area is 161 Å². The summed E-state index contributed by atoms with van der Waals surface area (Å²) in [7, 11) is -3.62. The second-order valence-corrected chi connectivity index (χ2v) is 8.83. The molecule has 6 nitrogen and oxygen atoms in total. The molecule has 3 N–H and O–H groups in total. The van der Waals surface area contributed by atoms with E-state index < -0.39 is 10.0 Å². The Kier molecular flexibility index (Phi) is 6.82. The minimum absolute atomic E-state index is 0.0956. The number of rotatable bonds is 9. The molecule has 1 saturated heterocycles. The van der Waals surface area contributed by atoms with Crippen molar-refractivity contribution in [2.45, 2.75) is 30.6 Å². The summed E-state index contributed by atoms with van der Waals surface area (Å²) in [6.07, 6.45) is 3.71. The number of benzene rings is 2. The molecule has 0 saturated carbocycles. The van der Waals surface area contributed by atoms with Crippen LogP contribution >= 0.6 is 0 Å². The third kappa shape index (κ3) is 5.76. The van der Waals surface area contributed by atoms with Crippen LogP contribution in [0.4, 0.5) is 0 Å². The summed E-state index contributed by atoms with van der Waals surface area (Å²) >= 11 is 0. The Morgan fingerprint density at radius 3 is 2.52 bits per heavy atom. The van der Waals surface area contributed by atoms with E-state index in [1.807, 2.05) is 24.3 Å². The van der Waals surface area contributed by atoms with E-state index >= 15 is 0 Å². The SMILES string of the molecule is O=C(CCNS(=O)(=O)c1ccc2ccccc2c1)NCCC[NH+]1CCCC1. The van der Waals surface area contributed by atoms with Gasteiger partial charge in [-0.05, 0) is 22.9 Å². The number of fused-ring (bicyclic) bond motifs is 1. The molecule has 2 aromatic rings. The first kappa shape index (κ1) is 19.8. The van der Waals surface area contributed by atoms with Crippen molar-refractivity contribution in [1.29, 1.82) is 0 Å². The van der Waals surface area contributed by atoms with Crippen LogP contribution in [0.15, 0.2) is 47.4 Å². The zero-order valence-corrected chi connectivity index (χ0v) is 16.4. The van der Waals surface area contributed by atoms with Crippen molar-refractivity contribution in [3.8, 4) is 0 Å². The average Bonchev–Trinajstić information content (AvgIpc) is 3.18. The molecule has 0 aliphatic carbocycles. The molecule has 146 valence electrons. The fourth-order valence-corrected chi connectivity index (χ4v) is 4.56. The Hall–Kier alpha value is -1.96. The van der Waals surface area contributed by atoms with Gasteiger partial charge in [0, 0.05) is 38.8 Å². The lowest BCUT2D eigenvalue weighted by atomic mass is 10.1. The molecule has 1 aliphatic heterocycles. The smallest absolute Gasteiger partial charge is 0.240 e. The van der Waals surface area contributed by atoms with Crippen molar-refractivity contribution in [3.63, 3.8) is 0 Å². The fraction of sp³-hybridized carbons (Fsp3) is 0.450. The first-order valence-electron chi connectivity index (χ1n) is 9.63. The monoisotopic (exact) mass is 390 g/mol. The van der Waals surface area contributed by atoms with Gasteiger partial charge in [0.25, 0.3) is 0 Å². The predicted molar refractivity (Wildman–Crippen MR) is 106 cm³/mol. The second-order valence-electron chi connectivity index (χ2n) is 7.07. The third-order valence-electron chi connectivity index (χ3n) is 5.02. The van der Waals surface area contributed by atoms with Crippen LogP contribution in [0.2, 0.25) is 0 Å². The largest absolute Gasteiger partial charge is 0.356 e. The van der Waals surface area contributed by atoms with Crippen molar-refractivity contribution in [3.05, 3.63) is 42.5 Å². The predicted octanol–water partition coefficient (Wildman–Crippen LogP) is 0.693. The van der Waals surface area contributed by atoms with Gasteiger partial charge in [-0.1, -0.05) is 30.3 Å². The average molecular weight is 391 g/mol. The molecular weight excluding hydrogens is 362 g/mol. The van der Waals surface area contributed by atoms with Crippen LogP contribution in [0.3, 0.4) is 0 Å². The summed E-state index contributed by atoms with van der Waals surface area (Å²) in [5.74, 6) is -0.118. The Balaban J connectivity index is 1.40. The summed E-state index contributed by atoms with van der Waals surface area (Å²) < 4.78 is 27.4. The molecule has 7 heteroatoms. The van der Waals surface area contributed by atoms with Crippen LogP contribution < -0.4 is 14.9 Å². The zero-order valence-electron chi connectivity index (χ0n) is 15.5. The maximum atomic E-state index is 12.4. The van der Waals surface area contributed by atoms with Crippen molar-refractivity contribution in [1.82, 2.24) is 10.0 Å². The maximum absolute atomic E-state index is 12.4. The van der Waals surface area contributed by atoms with Gasteiger partial charge in [-0.2, -0.15) is 0 Å². The molecular formula is C20H28N3O3S+. The van der Waals surface area contributed by atoms with E-state index in [1.54, 1.807) is 23.1 Å². The Bertz CT molecular complexity index is 877. The highest BCUT2D eigenvalue weighted by Crippen LogP contribution is 2.18. The van der Waals surface area contributed by atoms with Crippen molar-refractivity contribution >= 4 is 26.7 Å². The Morgan fingerprint density at radius 2 is 1.74 bits per heavy atom. The fourth-order valence-electron chi connectivity index (χ4n) is 3.50. The van der Waals surface area contributed by atoms with Gasteiger partial charge in [0.2, 0.25) is 15.9 Å². The zero-order chi connectivity index (χ0) is 19.1. The number of likely N-dealkylation sites (tertiary alicyclic amines) is 1. The standard InChI is InChI=1S/C20H27N3O3S/c24-20(21-11-5-15-23-13-3-4-14-23)10-12-22-27(25,26)19-9-8-17-6-1-2-7-18(17)16-19/h1-2,6-9,16,22H,3-5,10-15H2,(H,21,24)/p+1. The summed E-state index contributed by atoms with van der Waals surface area (Å²) in [6.45, 7) is 4.32. The van der Waals surface area contributed by atoms with E-state index in [4.69, 9.17) is 0 Å². The molecule has 1 amide bonds. The number of hydrogen-bond acceptors (Lipinski definition) is 3. The summed E-state index contributed by atoms with van der Waals surface area (Å²) in [5.41, 5.74) is 0. The van der Waals surface area contributed by atoms with Gasteiger partial charge >= 0.3 is 0 Å². The molecule has 1 heterocycles. The van der Waals surface area contributed by atoms with Crippen LogP contribution in [-0.4, -0.2) is 47.0 Å². The molecule has 27 heavy (non-hydrogen) atoms. The van der Waals surface area contributed by atoms with E-state index in [1.165, 1.54) is 25.9 Å². The highest BCUT2D eigenvalue weighted by molar-refractivity contribution is 7.89. The quantitative estimate of drug-likeness (QED) is 0.551. The van der Waals surface area contributed by atoms with Gasteiger partial charge in [-0.25, -0.2) is 13.1 Å². The lowest BCUT2D eigenvalue weighted by Crippen LogP contribution is -3.10. The molecule has 1 aliphatic rings. The lowest BCUT2D eigenvalue weighted by Gasteiger charge is -2.12. The molecule has 0 radical (unpaired) electrons. The number of nitrogens with one attached hydrogen (secondary N) is 3. The van der Waals surface area contributed by atoms with Gasteiger partial charge < -0.3 is 10.2 Å². The van der Waals surface area contributed by atoms with Crippen molar-refractivity contribution in [2.75, 3.05) is 32.7 Å². The van der Waals surface area contributed by atoms with Gasteiger partial charge in [0.15, 0.2) is 0 Å². The van der Waals surface area contributed by atoms with Crippen LogP contribution in [0.5, 0.6) is 0 Å². The third-order valence-corrected chi connectivity index (χ3v) is 6.47. The molecule has 1 fully saturated rings. The highest BCUT2D eigenvalue weighted by atomic mass is 32.2. The van der Waals surface area contributed by atoms with Gasteiger partial charge in [-0.3, -0.25) is 4.79 Å². The molecule has 0 unspecified atom stereocenters. The minimum atomic E-state index is -3.62.